The van der Waals surface area contributed by atoms with Crippen LogP contribution in [-0.4, -0.2) is 22.2 Å². The molecule has 0 radical (unpaired) electrons. The lowest BCUT2D eigenvalue weighted by Gasteiger charge is -2.57. The first kappa shape index (κ1) is 16.9. The molecule has 4 aliphatic rings. The zero-order chi connectivity index (χ0) is 17.7. The minimum Gasteiger partial charge on any atom is -0.354 e. The van der Waals surface area contributed by atoms with E-state index in [4.69, 9.17) is 0 Å². The third-order valence-electron chi connectivity index (χ3n) is 6.38. The highest BCUT2D eigenvalue weighted by molar-refractivity contribution is 5.75. The molecule has 0 saturated heterocycles. The Hall–Kier alpha value is -1.53. The first-order valence-electron chi connectivity index (χ1n) is 9.19. The highest BCUT2D eigenvalue weighted by atomic mass is 19.4. The number of hydrogen-bond donors (Lipinski definition) is 1. The molecule has 1 heterocycles. The minimum absolute atomic E-state index is 0.170. The molecule has 0 aliphatic heterocycles. The maximum Gasteiger partial charge on any atom is 0.435 e. The van der Waals surface area contributed by atoms with Gasteiger partial charge in [-0.3, -0.25) is 9.48 Å². The summed E-state index contributed by atoms with van der Waals surface area (Å²) in [6.07, 6.45) is 5.79. The largest absolute Gasteiger partial charge is 0.435 e. The second kappa shape index (κ2) is 6.02. The Morgan fingerprint density at radius 2 is 1.80 bits per heavy atom. The molecule has 0 atom stereocenters. The van der Waals surface area contributed by atoms with Gasteiger partial charge in [0.25, 0.3) is 0 Å². The van der Waals surface area contributed by atoms with Gasteiger partial charge in [0.15, 0.2) is 5.69 Å². The molecule has 1 aromatic rings. The average molecular weight is 355 g/mol. The smallest absolute Gasteiger partial charge is 0.354 e. The monoisotopic (exact) mass is 355 g/mol. The SMILES string of the molecule is O=C(Cn1ccc(C(F)(F)F)n1)NCCC12CC3CC(CC(C3)C1)C2. The zero-order valence-electron chi connectivity index (χ0n) is 14.2. The predicted molar refractivity (Wildman–Crippen MR) is 85.5 cm³/mol. The van der Waals surface area contributed by atoms with Crippen LogP contribution in [0.4, 0.5) is 13.2 Å². The molecule has 0 aromatic carbocycles. The topological polar surface area (TPSA) is 46.9 Å². The molecule has 4 nitrogen and oxygen atoms in total. The fourth-order valence-corrected chi connectivity index (χ4v) is 5.87. The lowest BCUT2D eigenvalue weighted by molar-refractivity contribution is -0.141. The van der Waals surface area contributed by atoms with E-state index in [1.165, 1.54) is 44.7 Å². The third kappa shape index (κ3) is 3.55. The van der Waals surface area contributed by atoms with E-state index < -0.39 is 11.9 Å². The Morgan fingerprint density at radius 3 is 2.32 bits per heavy atom. The van der Waals surface area contributed by atoms with Crippen LogP contribution in [0, 0.1) is 23.2 Å². The van der Waals surface area contributed by atoms with E-state index in [2.05, 4.69) is 10.4 Å². The van der Waals surface area contributed by atoms with Crippen LogP contribution in [0.2, 0.25) is 0 Å². The summed E-state index contributed by atoms with van der Waals surface area (Å²) in [5.41, 5.74) is -0.564. The molecule has 4 aliphatic carbocycles. The van der Waals surface area contributed by atoms with E-state index in [1.807, 2.05) is 0 Å². The van der Waals surface area contributed by atoms with Crippen LogP contribution in [0.5, 0.6) is 0 Å². The fourth-order valence-electron chi connectivity index (χ4n) is 5.87. The van der Waals surface area contributed by atoms with Gasteiger partial charge in [-0.1, -0.05) is 0 Å². The molecule has 25 heavy (non-hydrogen) atoms. The quantitative estimate of drug-likeness (QED) is 0.877. The van der Waals surface area contributed by atoms with Crippen molar-refractivity contribution in [3.8, 4) is 0 Å². The summed E-state index contributed by atoms with van der Waals surface area (Å²) in [6.45, 7) is 0.440. The van der Waals surface area contributed by atoms with Crippen LogP contribution in [0.25, 0.3) is 0 Å². The standard InChI is InChI=1S/C18H24F3N3O/c19-18(20,21)15-1-4-24(23-15)11-16(25)22-3-2-17-8-12-5-13(9-17)7-14(6-12)10-17/h1,4,12-14H,2-3,5-11H2,(H,22,25). The normalized spacial score (nSPS) is 33.6. The molecule has 7 heteroatoms. The van der Waals surface area contributed by atoms with E-state index in [0.29, 0.717) is 12.0 Å². The van der Waals surface area contributed by atoms with Crippen molar-refractivity contribution in [1.29, 1.82) is 0 Å². The van der Waals surface area contributed by atoms with Gasteiger partial charge in [0.2, 0.25) is 5.91 Å². The molecule has 4 bridgehead atoms. The number of nitrogens with one attached hydrogen (secondary N) is 1. The highest BCUT2D eigenvalue weighted by Crippen LogP contribution is 2.61. The number of nitrogens with zero attached hydrogens (tertiary/aromatic N) is 2. The summed E-state index contributed by atoms with van der Waals surface area (Å²) < 4.78 is 38.6. The first-order valence-corrected chi connectivity index (χ1v) is 9.19. The van der Waals surface area contributed by atoms with Crippen LogP contribution < -0.4 is 5.32 Å². The number of carbonyl (C=O) groups is 1. The van der Waals surface area contributed by atoms with Gasteiger partial charge in [0.1, 0.15) is 6.54 Å². The molecular formula is C18H24F3N3O. The summed E-state index contributed by atoms with van der Waals surface area (Å²) in [4.78, 5) is 12.0. The number of rotatable bonds is 5. The lowest BCUT2D eigenvalue weighted by atomic mass is 9.49. The molecule has 0 spiro atoms. The van der Waals surface area contributed by atoms with Crippen molar-refractivity contribution in [2.75, 3.05) is 6.54 Å². The Labute approximate surface area is 145 Å². The van der Waals surface area contributed by atoms with Crippen LogP contribution in [0.3, 0.4) is 0 Å². The van der Waals surface area contributed by atoms with Crippen molar-refractivity contribution in [3.63, 3.8) is 0 Å². The summed E-state index contributed by atoms with van der Waals surface area (Å²) in [5.74, 6) is 2.37. The molecule has 1 amide bonds. The van der Waals surface area contributed by atoms with Crippen molar-refractivity contribution >= 4 is 5.91 Å². The highest BCUT2D eigenvalue weighted by Gasteiger charge is 2.50. The molecular weight excluding hydrogens is 331 g/mol. The maximum absolute atomic E-state index is 12.5. The molecule has 1 aromatic heterocycles. The summed E-state index contributed by atoms with van der Waals surface area (Å²) >= 11 is 0. The Morgan fingerprint density at radius 1 is 1.20 bits per heavy atom. The number of alkyl halides is 3. The molecule has 138 valence electrons. The Kier molecular flexibility index (Phi) is 4.07. The van der Waals surface area contributed by atoms with E-state index in [1.54, 1.807) is 0 Å². The lowest BCUT2D eigenvalue weighted by Crippen LogP contribution is -2.47. The second-order valence-electron chi connectivity index (χ2n) is 8.41. The molecule has 0 unspecified atom stereocenters. The van der Waals surface area contributed by atoms with E-state index >= 15 is 0 Å². The Balaban J connectivity index is 1.26. The van der Waals surface area contributed by atoms with Crippen LogP contribution in [-0.2, 0) is 17.5 Å². The number of hydrogen-bond acceptors (Lipinski definition) is 2. The van der Waals surface area contributed by atoms with Gasteiger partial charge in [-0.05, 0) is 74.2 Å². The third-order valence-corrected chi connectivity index (χ3v) is 6.38. The molecule has 4 saturated carbocycles. The Bertz CT molecular complexity index is 617. The van der Waals surface area contributed by atoms with Crippen LogP contribution >= 0.6 is 0 Å². The van der Waals surface area contributed by atoms with Crippen LogP contribution in [0.15, 0.2) is 12.3 Å². The van der Waals surface area contributed by atoms with Gasteiger partial charge in [0, 0.05) is 12.7 Å². The molecule has 5 rings (SSSR count). The van der Waals surface area contributed by atoms with Crippen molar-refractivity contribution in [1.82, 2.24) is 15.1 Å². The van der Waals surface area contributed by atoms with Gasteiger partial charge in [-0.2, -0.15) is 18.3 Å². The van der Waals surface area contributed by atoms with Gasteiger partial charge in [-0.15, -0.1) is 0 Å². The van der Waals surface area contributed by atoms with Gasteiger partial charge in [0.05, 0.1) is 0 Å². The van der Waals surface area contributed by atoms with E-state index in [0.717, 1.165) is 34.9 Å². The number of amides is 1. The second-order valence-corrected chi connectivity index (χ2v) is 8.41. The molecule has 1 N–H and O–H groups in total. The summed E-state index contributed by atoms with van der Waals surface area (Å²) in [6, 6.07) is 0.892. The van der Waals surface area contributed by atoms with E-state index in [-0.39, 0.29) is 12.5 Å². The van der Waals surface area contributed by atoms with Crippen molar-refractivity contribution in [3.05, 3.63) is 18.0 Å². The van der Waals surface area contributed by atoms with Crippen molar-refractivity contribution in [2.45, 2.75) is 57.7 Å². The van der Waals surface area contributed by atoms with E-state index in [9.17, 15) is 18.0 Å². The minimum atomic E-state index is -4.47. The first-order chi connectivity index (χ1) is 11.8. The van der Waals surface area contributed by atoms with Crippen molar-refractivity contribution in [2.24, 2.45) is 23.2 Å². The molecule has 4 fully saturated rings. The summed E-state index contributed by atoms with van der Waals surface area (Å²) in [7, 11) is 0. The summed E-state index contributed by atoms with van der Waals surface area (Å²) in [5, 5.41) is 6.29. The number of carbonyl (C=O) groups excluding carboxylic acids is 1. The fraction of sp³-hybridized carbons (Fsp3) is 0.778. The zero-order valence-corrected chi connectivity index (χ0v) is 14.2. The van der Waals surface area contributed by atoms with Gasteiger partial charge >= 0.3 is 6.18 Å². The predicted octanol–water partition coefficient (Wildman–Crippen LogP) is 3.62. The number of halogens is 3. The number of aromatic nitrogens is 2. The van der Waals surface area contributed by atoms with Gasteiger partial charge < -0.3 is 5.32 Å². The average Bonchev–Trinajstić information content (AvgIpc) is 2.94. The maximum atomic E-state index is 12.5. The van der Waals surface area contributed by atoms with Crippen molar-refractivity contribution < 1.29 is 18.0 Å². The van der Waals surface area contributed by atoms with Crippen LogP contribution in [0.1, 0.15) is 50.6 Å². The van der Waals surface area contributed by atoms with Gasteiger partial charge in [-0.25, -0.2) is 0 Å².